The van der Waals surface area contributed by atoms with E-state index >= 15 is 0 Å². The number of aryl methyl sites for hydroxylation is 2. The number of anilines is 2. The summed E-state index contributed by atoms with van der Waals surface area (Å²) in [7, 11) is 6.60. The molecule has 3 N–H and O–H groups in total. The van der Waals surface area contributed by atoms with Crippen molar-refractivity contribution in [3.8, 4) is 28.4 Å². The van der Waals surface area contributed by atoms with Crippen LogP contribution in [0.15, 0.2) is 59.5 Å². The van der Waals surface area contributed by atoms with Crippen molar-refractivity contribution in [3.05, 3.63) is 76.1 Å². The van der Waals surface area contributed by atoms with Crippen LogP contribution in [0.3, 0.4) is 0 Å². The molecule has 0 bridgehead atoms. The molecule has 1 aromatic heterocycles. The fourth-order valence-corrected chi connectivity index (χ4v) is 5.72. The number of nitrogens with zero attached hydrogens (tertiary/aromatic N) is 1. The van der Waals surface area contributed by atoms with E-state index in [0.717, 1.165) is 22.0 Å². The smallest absolute Gasteiger partial charge is 0.246 e. The lowest BCUT2D eigenvalue weighted by Gasteiger charge is -2.19. The number of ether oxygens (including phenoxy) is 3. The summed E-state index contributed by atoms with van der Waals surface area (Å²) in [5, 5.41) is 10.1. The Balaban J connectivity index is 1.54. The highest BCUT2D eigenvalue weighted by atomic mass is 16.5. The lowest BCUT2D eigenvalue weighted by atomic mass is 9.95. The number of fused-ring (bicyclic) bond motifs is 4. The molecule has 5 rings (SSSR count). The molecule has 0 saturated carbocycles. The van der Waals surface area contributed by atoms with E-state index in [0.29, 0.717) is 46.9 Å². The molecule has 0 fully saturated rings. The number of hydrogen-bond donors (Lipinski definition) is 3. The first kappa shape index (κ1) is 29.5. The number of benzene rings is 2. The largest absolute Gasteiger partial charge is 0.493 e. The van der Waals surface area contributed by atoms with E-state index < -0.39 is 12.1 Å². The predicted octanol–water partition coefficient (Wildman–Crippen LogP) is 4.79. The van der Waals surface area contributed by atoms with Gasteiger partial charge in [0.15, 0.2) is 11.5 Å². The monoisotopic (exact) mass is 584 g/mol. The average Bonchev–Trinajstić information content (AvgIpc) is 3.19. The summed E-state index contributed by atoms with van der Waals surface area (Å²) in [4.78, 5) is 39.0. The van der Waals surface area contributed by atoms with Gasteiger partial charge < -0.3 is 34.7 Å². The molecule has 0 unspecified atom stereocenters. The average molecular weight is 585 g/mol. The zero-order valence-corrected chi connectivity index (χ0v) is 25.2. The van der Waals surface area contributed by atoms with Crippen molar-refractivity contribution in [1.29, 1.82) is 0 Å². The molecule has 2 amide bonds. The second-order valence-corrected chi connectivity index (χ2v) is 10.7. The summed E-state index contributed by atoms with van der Waals surface area (Å²) in [6.45, 7) is 3.15. The summed E-state index contributed by atoms with van der Waals surface area (Å²) in [5.41, 5.74) is 4.63. The van der Waals surface area contributed by atoms with Gasteiger partial charge >= 0.3 is 0 Å². The van der Waals surface area contributed by atoms with Crippen LogP contribution in [-0.4, -0.2) is 43.8 Å². The number of methoxy groups -OCH3 is 3. The molecule has 3 aromatic carbocycles. The van der Waals surface area contributed by atoms with Crippen LogP contribution in [0.5, 0.6) is 17.2 Å². The van der Waals surface area contributed by atoms with Crippen LogP contribution in [0.2, 0.25) is 0 Å². The molecular formula is C33H36N4O6. The summed E-state index contributed by atoms with van der Waals surface area (Å²) in [5.74, 6) is 0.924. The highest BCUT2D eigenvalue weighted by Gasteiger charge is 2.29. The van der Waals surface area contributed by atoms with Gasteiger partial charge in [0, 0.05) is 36.9 Å². The van der Waals surface area contributed by atoms with Crippen LogP contribution in [0.1, 0.15) is 37.4 Å². The first-order valence-electron chi connectivity index (χ1n) is 14.0. The zero-order valence-electron chi connectivity index (χ0n) is 25.2. The number of nitrogens with one attached hydrogen (secondary N) is 3. The fourth-order valence-electron chi connectivity index (χ4n) is 5.72. The molecule has 10 nitrogen and oxygen atoms in total. The van der Waals surface area contributed by atoms with Crippen molar-refractivity contribution >= 4 is 34.1 Å². The van der Waals surface area contributed by atoms with Gasteiger partial charge in [-0.3, -0.25) is 14.4 Å². The van der Waals surface area contributed by atoms with Crippen LogP contribution in [-0.2, 0) is 23.1 Å². The van der Waals surface area contributed by atoms with Crippen molar-refractivity contribution in [2.24, 2.45) is 7.05 Å². The Hall–Kier alpha value is -4.99. The van der Waals surface area contributed by atoms with Gasteiger partial charge in [0.25, 0.3) is 0 Å². The summed E-state index contributed by atoms with van der Waals surface area (Å²) in [6.07, 6.45) is 3.11. The molecule has 4 aromatic rings. The SMILES string of the molecule is COc1cc2c(c(OC)c1OC)-c1ccc(N[C@H](C)C(=O)Nc3ccc4ccn(C)c4c3)c(=O)cc1[C@@H](NC(C)=O)CC2. The quantitative estimate of drug-likeness (QED) is 0.272. The van der Waals surface area contributed by atoms with Crippen LogP contribution in [0, 0.1) is 0 Å². The molecule has 0 radical (unpaired) electrons. The molecule has 2 atom stereocenters. The van der Waals surface area contributed by atoms with Gasteiger partial charge in [0.05, 0.1) is 33.1 Å². The first-order chi connectivity index (χ1) is 20.6. The third-order valence-electron chi connectivity index (χ3n) is 7.84. The van der Waals surface area contributed by atoms with Crippen molar-refractivity contribution in [3.63, 3.8) is 0 Å². The van der Waals surface area contributed by atoms with E-state index in [4.69, 9.17) is 14.2 Å². The maximum absolute atomic E-state index is 13.6. The molecule has 0 saturated heterocycles. The molecule has 0 spiro atoms. The highest BCUT2D eigenvalue weighted by Crippen LogP contribution is 2.50. The second kappa shape index (κ2) is 12.1. The number of rotatable bonds is 8. The van der Waals surface area contributed by atoms with E-state index in [-0.39, 0.29) is 22.9 Å². The molecule has 1 aliphatic rings. The molecule has 43 heavy (non-hydrogen) atoms. The van der Waals surface area contributed by atoms with Gasteiger partial charge in [-0.15, -0.1) is 0 Å². The minimum absolute atomic E-state index is 0.208. The van der Waals surface area contributed by atoms with E-state index in [9.17, 15) is 14.4 Å². The Morgan fingerprint density at radius 1 is 0.977 bits per heavy atom. The van der Waals surface area contributed by atoms with E-state index in [1.54, 1.807) is 27.2 Å². The molecule has 224 valence electrons. The Kier molecular flexibility index (Phi) is 8.29. The normalized spacial score (nSPS) is 14.5. The van der Waals surface area contributed by atoms with Gasteiger partial charge in [-0.25, -0.2) is 0 Å². The van der Waals surface area contributed by atoms with Gasteiger partial charge in [0.1, 0.15) is 6.04 Å². The standard InChI is InChI=1S/C33H36N4O6/c1-18(33(40)36-22-9-7-20-13-14-37(3)27(20)16-22)34-26-12-10-23-24(17-28(26)39)25(35-19(2)38)11-8-21-15-29(41-4)31(42-5)32(43-6)30(21)23/h7,9-10,12-18,25H,8,11H2,1-6H3,(H,34,39)(H,35,38)(H,36,40)/t18-,25+/m1/s1. The minimum Gasteiger partial charge on any atom is -0.493 e. The Morgan fingerprint density at radius 2 is 1.74 bits per heavy atom. The van der Waals surface area contributed by atoms with Crippen LogP contribution in [0.4, 0.5) is 11.4 Å². The molecule has 0 aliphatic heterocycles. The van der Waals surface area contributed by atoms with Gasteiger partial charge in [-0.1, -0.05) is 12.1 Å². The Bertz CT molecular complexity index is 1780. The van der Waals surface area contributed by atoms with Crippen molar-refractivity contribution < 1.29 is 23.8 Å². The zero-order chi connectivity index (χ0) is 30.8. The van der Waals surface area contributed by atoms with Crippen LogP contribution < -0.4 is 35.6 Å². The van der Waals surface area contributed by atoms with Crippen molar-refractivity contribution in [2.75, 3.05) is 32.0 Å². The molecule has 1 heterocycles. The highest BCUT2D eigenvalue weighted by molar-refractivity contribution is 5.98. The van der Waals surface area contributed by atoms with Crippen molar-refractivity contribution in [2.45, 2.75) is 38.8 Å². The number of carbonyl (C=O) groups is 2. The number of amides is 2. The van der Waals surface area contributed by atoms with Crippen molar-refractivity contribution in [1.82, 2.24) is 9.88 Å². The lowest BCUT2D eigenvalue weighted by molar-refractivity contribution is -0.119. The molecular weight excluding hydrogens is 548 g/mol. The molecule has 10 heteroatoms. The summed E-state index contributed by atoms with van der Waals surface area (Å²) < 4.78 is 19.1. The van der Waals surface area contributed by atoms with E-state index in [2.05, 4.69) is 16.0 Å². The Morgan fingerprint density at radius 3 is 2.44 bits per heavy atom. The van der Waals surface area contributed by atoms with Crippen LogP contribution in [0.25, 0.3) is 22.0 Å². The lowest BCUT2D eigenvalue weighted by Crippen LogP contribution is -2.33. The number of aromatic nitrogens is 1. The third kappa shape index (κ3) is 5.73. The van der Waals surface area contributed by atoms with Gasteiger partial charge in [-0.05, 0) is 78.2 Å². The first-order valence-corrected chi connectivity index (χ1v) is 14.0. The maximum atomic E-state index is 13.6. The predicted molar refractivity (Wildman–Crippen MR) is 167 cm³/mol. The van der Waals surface area contributed by atoms with Crippen LogP contribution >= 0.6 is 0 Å². The number of carbonyl (C=O) groups excluding carboxylic acids is 2. The molecule has 1 aliphatic carbocycles. The second-order valence-electron chi connectivity index (χ2n) is 10.7. The van der Waals surface area contributed by atoms with E-state index in [1.807, 2.05) is 54.2 Å². The third-order valence-corrected chi connectivity index (χ3v) is 7.84. The van der Waals surface area contributed by atoms with E-state index in [1.165, 1.54) is 20.1 Å². The summed E-state index contributed by atoms with van der Waals surface area (Å²) >= 11 is 0. The van der Waals surface area contributed by atoms with Gasteiger partial charge in [-0.2, -0.15) is 0 Å². The maximum Gasteiger partial charge on any atom is 0.246 e. The summed E-state index contributed by atoms with van der Waals surface area (Å²) in [6, 6.07) is 13.5. The minimum atomic E-state index is -0.726. The fraction of sp³-hybridized carbons (Fsp3) is 0.303. The number of hydrogen-bond acceptors (Lipinski definition) is 7. The Labute approximate surface area is 250 Å². The topological polar surface area (TPSA) is 120 Å². The van der Waals surface area contributed by atoms with Gasteiger partial charge in [0.2, 0.25) is 23.0 Å².